The topological polar surface area (TPSA) is 46.5 Å². The van der Waals surface area contributed by atoms with Crippen molar-refractivity contribution in [3.63, 3.8) is 0 Å². The second-order valence-corrected chi connectivity index (χ2v) is 3.06. The minimum atomic E-state index is -0.124. The minimum absolute atomic E-state index is 0.0544. The van der Waals surface area contributed by atoms with E-state index in [1.807, 2.05) is 6.92 Å². The van der Waals surface area contributed by atoms with E-state index in [2.05, 4.69) is 0 Å². The molecule has 1 heterocycles. The molecule has 1 rings (SSSR count). The van der Waals surface area contributed by atoms with Gasteiger partial charge in [-0.25, -0.2) is 0 Å². The number of carbonyl (C=O) groups excluding carboxylic acids is 1. The third-order valence-electron chi connectivity index (χ3n) is 2.13. The van der Waals surface area contributed by atoms with Crippen LogP contribution in [0.3, 0.4) is 0 Å². The molecule has 1 saturated heterocycles. The molecular weight excluding hydrogens is 144 g/mol. The van der Waals surface area contributed by atoms with Crippen LogP contribution in [0.1, 0.15) is 26.2 Å². The van der Waals surface area contributed by atoms with Crippen LogP contribution in [0.25, 0.3) is 0 Å². The Kier molecular flexibility index (Phi) is 2.88. The van der Waals surface area contributed by atoms with E-state index in [0.717, 1.165) is 6.42 Å². The number of hydrogen-bond donors (Lipinski definition) is 1. The Hall–Kier alpha value is -0.570. The standard InChI is InChI=1S/C8H14O3/c1-6-2-3-8(10)11-7(6)4-5-9/h6-7,9H,2-5H2,1H3/t6?,7-/m0/s1. The molecule has 0 aromatic rings. The predicted octanol–water partition coefficient (Wildman–Crippen LogP) is 0.710. The molecule has 64 valence electrons. The molecule has 1 unspecified atom stereocenters. The van der Waals surface area contributed by atoms with Crippen molar-refractivity contribution in [2.24, 2.45) is 5.92 Å². The molecule has 0 aliphatic carbocycles. The van der Waals surface area contributed by atoms with Gasteiger partial charge in [0.15, 0.2) is 0 Å². The van der Waals surface area contributed by atoms with Gasteiger partial charge in [0.05, 0.1) is 0 Å². The Morgan fingerprint density at radius 1 is 1.73 bits per heavy atom. The summed E-state index contributed by atoms with van der Waals surface area (Å²) in [5.74, 6) is 0.279. The molecule has 0 bridgehead atoms. The molecule has 0 aromatic heterocycles. The maximum absolute atomic E-state index is 10.8. The third kappa shape index (κ3) is 2.19. The van der Waals surface area contributed by atoms with Gasteiger partial charge in [-0.15, -0.1) is 0 Å². The SMILES string of the molecule is CC1CCC(=O)O[C@H]1CCO. The highest BCUT2D eigenvalue weighted by Gasteiger charge is 2.26. The quantitative estimate of drug-likeness (QED) is 0.602. The lowest BCUT2D eigenvalue weighted by Gasteiger charge is -2.27. The summed E-state index contributed by atoms with van der Waals surface area (Å²) in [7, 11) is 0. The Morgan fingerprint density at radius 2 is 2.45 bits per heavy atom. The molecular formula is C8H14O3. The second-order valence-electron chi connectivity index (χ2n) is 3.06. The largest absolute Gasteiger partial charge is 0.462 e. The monoisotopic (exact) mass is 158 g/mol. The van der Waals surface area contributed by atoms with Crippen LogP contribution < -0.4 is 0 Å². The highest BCUT2D eigenvalue weighted by Crippen LogP contribution is 2.22. The zero-order valence-electron chi connectivity index (χ0n) is 6.75. The van der Waals surface area contributed by atoms with E-state index in [-0.39, 0.29) is 18.7 Å². The molecule has 1 aliphatic rings. The number of aliphatic hydroxyl groups is 1. The van der Waals surface area contributed by atoms with E-state index >= 15 is 0 Å². The maximum atomic E-state index is 10.8. The fourth-order valence-electron chi connectivity index (χ4n) is 1.35. The second kappa shape index (κ2) is 3.72. The number of hydrogen-bond acceptors (Lipinski definition) is 3. The summed E-state index contributed by atoms with van der Waals surface area (Å²) in [6.45, 7) is 2.15. The van der Waals surface area contributed by atoms with Gasteiger partial charge in [-0.3, -0.25) is 4.79 Å². The molecule has 0 saturated carbocycles. The number of rotatable bonds is 2. The fourth-order valence-corrected chi connectivity index (χ4v) is 1.35. The first kappa shape index (κ1) is 8.53. The van der Waals surface area contributed by atoms with E-state index < -0.39 is 0 Å². The summed E-state index contributed by atoms with van der Waals surface area (Å²) in [6, 6.07) is 0. The Balaban J connectivity index is 2.40. The van der Waals surface area contributed by atoms with Gasteiger partial charge < -0.3 is 9.84 Å². The average molecular weight is 158 g/mol. The summed E-state index contributed by atoms with van der Waals surface area (Å²) >= 11 is 0. The maximum Gasteiger partial charge on any atom is 0.306 e. The van der Waals surface area contributed by atoms with Crippen molar-refractivity contribution in [2.75, 3.05) is 6.61 Å². The number of esters is 1. The van der Waals surface area contributed by atoms with Crippen LogP contribution in [0.4, 0.5) is 0 Å². The normalized spacial score (nSPS) is 31.6. The molecule has 1 fully saturated rings. The molecule has 0 spiro atoms. The molecule has 0 aromatic carbocycles. The summed E-state index contributed by atoms with van der Waals surface area (Å²) in [5, 5.41) is 8.63. The lowest BCUT2D eigenvalue weighted by atomic mass is 9.94. The molecule has 0 amide bonds. The zero-order valence-corrected chi connectivity index (χ0v) is 6.75. The Labute approximate surface area is 66.4 Å². The predicted molar refractivity (Wildman–Crippen MR) is 40.0 cm³/mol. The van der Waals surface area contributed by atoms with Crippen molar-refractivity contribution in [1.82, 2.24) is 0 Å². The van der Waals surface area contributed by atoms with Crippen LogP contribution in [0.15, 0.2) is 0 Å². The van der Waals surface area contributed by atoms with Crippen molar-refractivity contribution < 1.29 is 14.6 Å². The molecule has 1 N–H and O–H groups in total. The van der Waals surface area contributed by atoms with Crippen LogP contribution in [0.5, 0.6) is 0 Å². The van der Waals surface area contributed by atoms with Crippen molar-refractivity contribution in [3.05, 3.63) is 0 Å². The van der Waals surface area contributed by atoms with Crippen LogP contribution in [0.2, 0.25) is 0 Å². The van der Waals surface area contributed by atoms with Gasteiger partial charge in [0.25, 0.3) is 0 Å². The molecule has 1 aliphatic heterocycles. The van der Waals surface area contributed by atoms with Crippen LogP contribution >= 0.6 is 0 Å². The van der Waals surface area contributed by atoms with Crippen molar-refractivity contribution in [2.45, 2.75) is 32.3 Å². The molecule has 2 atom stereocenters. The average Bonchev–Trinajstić information content (AvgIpc) is 1.98. The van der Waals surface area contributed by atoms with Gasteiger partial charge in [0.1, 0.15) is 6.10 Å². The van der Waals surface area contributed by atoms with Gasteiger partial charge in [-0.05, 0) is 12.3 Å². The van der Waals surface area contributed by atoms with Gasteiger partial charge in [0, 0.05) is 19.4 Å². The van der Waals surface area contributed by atoms with Gasteiger partial charge >= 0.3 is 5.97 Å². The number of aliphatic hydroxyl groups excluding tert-OH is 1. The first-order chi connectivity index (χ1) is 5.24. The van der Waals surface area contributed by atoms with Crippen molar-refractivity contribution in [3.8, 4) is 0 Å². The Morgan fingerprint density at radius 3 is 3.09 bits per heavy atom. The first-order valence-corrected chi connectivity index (χ1v) is 4.04. The van der Waals surface area contributed by atoms with Gasteiger partial charge in [0.2, 0.25) is 0 Å². The summed E-state index contributed by atoms with van der Waals surface area (Å²) in [5.41, 5.74) is 0. The molecule has 3 nitrogen and oxygen atoms in total. The molecule has 0 radical (unpaired) electrons. The Bertz CT molecular complexity index is 144. The fraction of sp³-hybridized carbons (Fsp3) is 0.875. The third-order valence-corrected chi connectivity index (χ3v) is 2.13. The van der Waals surface area contributed by atoms with Crippen LogP contribution in [0, 0.1) is 5.92 Å². The van der Waals surface area contributed by atoms with E-state index in [9.17, 15) is 4.79 Å². The van der Waals surface area contributed by atoms with E-state index in [0.29, 0.717) is 18.8 Å². The number of cyclic esters (lactones) is 1. The summed E-state index contributed by atoms with van der Waals surface area (Å²) in [6.07, 6.45) is 1.95. The lowest BCUT2D eigenvalue weighted by Crippen LogP contribution is -2.31. The van der Waals surface area contributed by atoms with Crippen LogP contribution in [-0.4, -0.2) is 23.8 Å². The van der Waals surface area contributed by atoms with Gasteiger partial charge in [-0.1, -0.05) is 6.92 Å². The minimum Gasteiger partial charge on any atom is -0.462 e. The lowest BCUT2D eigenvalue weighted by molar-refractivity contribution is -0.158. The smallest absolute Gasteiger partial charge is 0.306 e. The number of carbonyl (C=O) groups is 1. The van der Waals surface area contributed by atoms with Crippen molar-refractivity contribution >= 4 is 5.97 Å². The first-order valence-electron chi connectivity index (χ1n) is 4.04. The van der Waals surface area contributed by atoms with E-state index in [1.165, 1.54) is 0 Å². The summed E-state index contributed by atoms with van der Waals surface area (Å²) in [4.78, 5) is 10.8. The molecule has 3 heteroatoms. The highest BCUT2D eigenvalue weighted by atomic mass is 16.5. The van der Waals surface area contributed by atoms with E-state index in [1.54, 1.807) is 0 Å². The molecule has 11 heavy (non-hydrogen) atoms. The zero-order chi connectivity index (χ0) is 8.27. The van der Waals surface area contributed by atoms with E-state index in [4.69, 9.17) is 9.84 Å². The highest BCUT2D eigenvalue weighted by molar-refractivity contribution is 5.70. The van der Waals surface area contributed by atoms with Crippen molar-refractivity contribution in [1.29, 1.82) is 0 Å². The van der Waals surface area contributed by atoms with Crippen LogP contribution in [-0.2, 0) is 9.53 Å². The number of ether oxygens (including phenoxy) is 1. The summed E-state index contributed by atoms with van der Waals surface area (Å²) < 4.78 is 5.04. The van der Waals surface area contributed by atoms with Gasteiger partial charge in [-0.2, -0.15) is 0 Å².